The molecule has 0 aliphatic carbocycles. The van der Waals surface area contributed by atoms with E-state index in [4.69, 9.17) is 4.52 Å². The quantitative estimate of drug-likeness (QED) is 0.211. The Bertz CT molecular complexity index is 1470. The highest BCUT2D eigenvalue weighted by molar-refractivity contribution is 7.18. The van der Waals surface area contributed by atoms with Crippen LogP contribution in [0, 0.1) is 33.6 Å². The van der Waals surface area contributed by atoms with E-state index < -0.39 is 5.56 Å². The van der Waals surface area contributed by atoms with E-state index in [0.717, 1.165) is 32.0 Å². The monoisotopic (exact) mass is 525 g/mol. The number of fused-ring (bicyclic) bond motifs is 2. The van der Waals surface area contributed by atoms with E-state index >= 15 is 0 Å². The number of thiazole rings is 1. The summed E-state index contributed by atoms with van der Waals surface area (Å²) in [6.07, 6.45) is 11.3. The normalized spacial score (nSPS) is 11.1. The molecule has 0 saturated heterocycles. The van der Waals surface area contributed by atoms with Crippen molar-refractivity contribution in [3.8, 4) is 12.8 Å². The van der Waals surface area contributed by atoms with Crippen molar-refractivity contribution in [1.82, 2.24) is 19.7 Å². The molecule has 0 radical (unpaired) electrons. The number of nitrogens with zero attached hydrogens (tertiary/aromatic N) is 4. The van der Waals surface area contributed by atoms with Gasteiger partial charge in [0.1, 0.15) is 11.2 Å². The Hall–Kier alpha value is -3.77. The molecule has 0 atom stereocenters. The summed E-state index contributed by atoms with van der Waals surface area (Å²) in [5, 5.41) is 8.22. The zero-order chi connectivity index (χ0) is 28.3. The second-order valence-corrected chi connectivity index (χ2v) is 8.59. The maximum atomic E-state index is 13.6. The first-order valence-electron chi connectivity index (χ1n) is 12.1. The Morgan fingerprint density at radius 1 is 1.16 bits per heavy atom. The second kappa shape index (κ2) is 14.7. The average Bonchev–Trinajstić information content (AvgIpc) is 3.46. The number of aromatic nitrogens is 4. The summed E-state index contributed by atoms with van der Waals surface area (Å²) < 4.78 is 21.6. The van der Waals surface area contributed by atoms with Crippen LogP contribution in [0.4, 0.5) is 16.0 Å². The van der Waals surface area contributed by atoms with Crippen molar-refractivity contribution in [3.63, 3.8) is 0 Å². The van der Waals surface area contributed by atoms with Crippen LogP contribution in [0.1, 0.15) is 57.8 Å². The van der Waals surface area contributed by atoms with E-state index in [2.05, 4.69) is 33.3 Å². The van der Waals surface area contributed by atoms with Crippen molar-refractivity contribution in [2.75, 3.05) is 5.32 Å². The molecule has 0 amide bonds. The standard InChI is InChI=1S/C22H22FN5O2S.2C2H6.C2H2/c1-6-15(8-12(3)23)10-28-19-13(4)27-30-20(19)21(29)26-22(28)25-16-9-18-17(7-11(16)2)24-14(5)31-18;3*1-2/h6-9H,10H2,1-5H3,(H,25,26,29);2*1-2H3;1-2H/b12-8+,15-6+;;;. The molecule has 9 heteroatoms. The molecular formula is C28H36FN5O2S. The first-order valence-corrected chi connectivity index (χ1v) is 12.9. The number of terminal acetylenes is 1. The predicted molar refractivity (Wildman–Crippen MR) is 154 cm³/mol. The van der Waals surface area contributed by atoms with Crippen molar-refractivity contribution in [3.05, 3.63) is 62.3 Å². The number of hydrogen-bond acceptors (Lipinski definition) is 7. The molecule has 0 spiro atoms. The summed E-state index contributed by atoms with van der Waals surface area (Å²) in [4.78, 5) is 21.3. The van der Waals surface area contributed by atoms with Crippen LogP contribution in [0.15, 0.2) is 45.0 Å². The molecule has 1 aromatic carbocycles. The third-order valence-corrected chi connectivity index (χ3v) is 5.88. The summed E-state index contributed by atoms with van der Waals surface area (Å²) in [5.41, 5.74) is 4.07. The lowest BCUT2D eigenvalue weighted by Gasteiger charge is -2.17. The van der Waals surface area contributed by atoms with E-state index in [9.17, 15) is 9.18 Å². The number of hydrogen-bond donors (Lipinski definition) is 1. The van der Waals surface area contributed by atoms with Gasteiger partial charge in [-0.15, -0.1) is 24.2 Å². The van der Waals surface area contributed by atoms with Gasteiger partial charge in [-0.25, -0.2) is 9.37 Å². The minimum Gasteiger partial charge on any atom is -0.348 e. The minimum atomic E-state index is -0.513. The minimum absolute atomic E-state index is 0.0738. The average molecular weight is 526 g/mol. The molecule has 198 valence electrons. The Morgan fingerprint density at radius 2 is 1.81 bits per heavy atom. The molecule has 0 bridgehead atoms. The van der Waals surface area contributed by atoms with Crippen molar-refractivity contribution >= 4 is 44.3 Å². The molecule has 4 rings (SSSR count). The predicted octanol–water partition coefficient (Wildman–Crippen LogP) is 7.78. The smallest absolute Gasteiger partial charge is 0.321 e. The van der Waals surface area contributed by atoms with E-state index in [1.807, 2.05) is 66.7 Å². The highest BCUT2D eigenvalue weighted by atomic mass is 32.1. The fourth-order valence-electron chi connectivity index (χ4n) is 3.49. The third-order valence-electron chi connectivity index (χ3n) is 4.94. The Labute approximate surface area is 222 Å². The van der Waals surface area contributed by atoms with Gasteiger partial charge in [0.2, 0.25) is 5.95 Å². The Kier molecular flexibility index (Phi) is 12.4. The van der Waals surface area contributed by atoms with Gasteiger partial charge >= 0.3 is 5.56 Å². The van der Waals surface area contributed by atoms with Crippen LogP contribution in [0.5, 0.6) is 0 Å². The second-order valence-electron chi connectivity index (χ2n) is 7.36. The number of allylic oxidation sites excluding steroid dienone is 4. The first kappa shape index (κ1) is 31.3. The molecule has 7 nitrogen and oxygen atoms in total. The van der Waals surface area contributed by atoms with Gasteiger partial charge in [-0.2, -0.15) is 4.98 Å². The van der Waals surface area contributed by atoms with Gasteiger partial charge in [0.25, 0.3) is 5.58 Å². The van der Waals surface area contributed by atoms with Crippen LogP contribution in [0.2, 0.25) is 0 Å². The number of anilines is 2. The summed E-state index contributed by atoms with van der Waals surface area (Å²) in [7, 11) is 0. The molecule has 0 saturated carbocycles. The van der Waals surface area contributed by atoms with Gasteiger partial charge in [0, 0.05) is 5.69 Å². The lowest BCUT2D eigenvalue weighted by molar-refractivity contribution is 0.447. The van der Waals surface area contributed by atoms with Crippen LogP contribution in [-0.4, -0.2) is 19.7 Å². The van der Waals surface area contributed by atoms with Gasteiger partial charge in [-0.05, 0) is 64.0 Å². The summed E-state index contributed by atoms with van der Waals surface area (Å²) in [6, 6.07) is 4.00. The maximum Gasteiger partial charge on any atom is 0.321 e. The van der Waals surface area contributed by atoms with E-state index in [-0.39, 0.29) is 18.0 Å². The molecular weight excluding hydrogens is 489 g/mol. The number of benzene rings is 1. The van der Waals surface area contributed by atoms with E-state index in [0.29, 0.717) is 17.2 Å². The molecule has 0 aliphatic heterocycles. The fraction of sp³-hybridized carbons (Fsp3) is 0.357. The van der Waals surface area contributed by atoms with Gasteiger partial charge in [0.05, 0.1) is 27.6 Å². The van der Waals surface area contributed by atoms with Crippen molar-refractivity contribution < 1.29 is 8.91 Å². The van der Waals surface area contributed by atoms with E-state index in [1.54, 1.807) is 22.8 Å². The van der Waals surface area contributed by atoms with Gasteiger partial charge < -0.3 is 14.4 Å². The SMILES string of the molecule is C#C.C/C=C(\C=C(/C)F)Cn1c(Nc2cc3sc(C)nc3cc2C)nc(=O)c2onc(C)c21.CC.CC. The van der Waals surface area contributed by atoms with Crippen molar-refractivity contribution in [1.29, 1.82) is 0 Å². The molecule has 1 N–H and O–H groups in total. The van der Waals surface area contributed by atoms with Crippen LogP contribution < -0.4 is 10.9 Å². The largest absolute Gasteiger partial charge is 0.348 e. The zero-order valence-corrected chi connectivity index (χ0v) is 23.9. The highest BCUT2D eigenvalue weighted by Crippen LogP contribution is 2.30. The van der Waals surface area contributed by atoms with Crippen LogP contribution in [0.25, 0.3) is 21.3 Å². The topological polar surface area (TPSA) is 85.8 Å². The Morgan fingerprint density at radius 3 is 2.41 bits per heavy atom. The maximum absolute atomic E-state index is 13.6. The summed E-state index contributed by atoms with van der Waals surface area (Å²) in [6.45, 7) is 17.2. The van der Waals surface area contributed by atoms with Crippen molar-refractivity contribution in [2.24, 2.45) is 0 Å². The van der Waals surface area contributed by atoms with Crippen molar-refractivity contribution in [2.45, 2.75) is 68.9 Å². The zero-order valence-electron chi connectivity index (χ0n) is 23.1. The molecule has 0 aliphatic rings. The molecule has 0 unspecified atom stereocenters. The fourth-order valence-corrected chi connectivity index (χ4v) is 4.34. The first-order chi connectivity index (χ1) is 17.8. The third kappa shape index (κ3) is 7.37. The number of halogens is 1. The lowest BCUT2D eigenvalue weighted by Crippen LogP contribution is -2.18. The van der Waals surface area contributed by atoms with Gasteiger partial charge in [-0.1, -0.05) is 38.9 Å². The van der Waals surface area contributed by atoms with Gasteiger partial charge in [-0.3, -0.25) is 4.79 Å². The van der Waals surface area contributed by atoms with Crippen LogP contribution in [-0.2, 0) is 6.54 Å². The van der Waals surface area contributed by atoms with Crippen LogP contribution >= 0.6 is 11.3 Å². The molecule has 37 heavy (non-hydrogen) atoms. The van der Waals surface area contributed by atoms with Crippen LogP contribution in [0.3, 0.4) is 0 Å². The lowest BCUT2D eigenvalue weighted by atomic mass is 10.2. The number of rotatable bonds is 5. The summed E-state index contributed by atoms with van der Waals surface area (Å²) >= 11 is 1.60. The highest BCUT2D eigenvalue weighted by Gasteiger charge is 2.19. The van der Waals surface area contributed by atoms with Gasteiger partial charge in [0.15, 0.2) is 0 Å². The molecule has 3 heterocycles. The summed E-state index contributed by atoms with van der Waals surface area (Å²) in [5.74, 6) is 0.0218. The Balaban J connectivity index is 0.00000106. The number of nitrogens with one attached hydrogen (secondary N) is 1. The number of aryl methyl sites for hydroxylation is 3. The van der Waals surface area contributed by atoms with E-state index in [1.165, 1.54) is 13.0 Å². The molecule has 4 aromatic rings. The molecule has 3 aromatic heterocycles. The molecule has 0 fully saturated rings.